The van der Waals surface area contributed by atoms with Crippen molar-refractivity contribution in [2.45, 2.75) is 43.0 Å². The number of sulfonamides is 1. The molecule has 0 unspecified atom stereocenters. The summed E-state index contributed by atoms with van der Waals surface area (Å²) < 4.78 is 59.8. The fraction of sp³-hybridized carbons (Fsp3) is 0.200. The summed E-state index contributed by atoms with van der Waals surface area (Å²) in [5.74, 6) is -0.643. The van der Waals surface area contributed by atoms with Gasteiger partial charge in [-0.3, -0.25) is 4.79 Å². The van der Waals surface area contributed by atoms with E-state index >= 15 is 0 Å². The number of amides is 1. The summed E-state index contributed by atoms with van der Waals surface area (Å²) in [5, 5.41) is 5.60. The minimum Gasteiger partial charge on any atom is -0.378 e. The minimum absolute atomic E-state index is 0.00452. The molecular weight excluding hydrogens is 562 g/mol. The van der Waals surface area contributed by atoms with Crippen LogP contribution in [0.4, 0.5) is 0 Å². The van der Waals surface area contributed by atoms with Crippen LogP contribution in [0.25, 0.3) is 10.8 Å². The number of aryl methyl sites for hydroxylation is 1. The van der Waals surface area contributed by atoms with Crippen LogP contribution in [-0.4, -0.2) is 35.0 Å². The first-order chi connectivity index (χ1) is 19.4. The molecule has 11 heteroatoms. The number of benzene rings is 4. The molecule has 4 rings (SSSR count). The van der Waals surface area contributed by atoms with Gasteiger partial charge in [-0.1, -0.05) is 74.0 Å². The third kappa shape index (κ3) is 7.78. The zero-order valence-electron chi connectivity index (χ0n) is 22.8. The summed E-state index contributed by atoms with van der Waals surface area (Å²) in [5.41, 5.74) is 3.56. The number of para-hydroxylation sites is 1. The number of fused-ring (bicyclic) bond motifs is 1. The van der Waals surface area contributed by atoms with Crippen molar-refractivity contribution in [1.29, 1.82) is 0 Å². The molecule has 2 N–H and O–H groups in total. The second kappa shape index (κ2) is 12.6. The Hall–Kier alpha value is -4.06. The van der Waals surface area contributed by atoms with Crippen molar-refractivity contribution in [3.63, 3.8) is 0 Å². The van der Waals surface area contributed by atoms with Crippen molar-refractivity contribution in [3.05, 3.63) is 102 Å². The Kier molecular flexibility index (Phi) is 9.21. The predicted octanol–water partition coefficient (Wildman–Crippen LogP) is 4.76. The first-order valence-corrected chi connectivity index (χ1v) is 15.8. The minimum atomic E-state index is -4.17. The normalized spacial score (nSPS) is 13.0. The molecule has 4 aromatic rings. The van der Waals surface area contributed by atoms with Crippen molar-refractivity contribution in [1.82, 2.24) is 10.1 Å². The number of hydrogen-bond donors (Lipinski definition) is 2. The molecule has 0 spiro atoms. The van der Waals surface area contributed by atoms with Crippen LogP contribution in [-0.2, 0) is 24.9 Å². The standard InChI is InChI=1S/C30H31N3O6S2/c1-21(2)18-28(33-40(35,36)26-15-12-22(3)13-16-26)30(34)32-31-20-25-10-6-7-11-29(25)39-41(37,38)27-17-14-23-8-4-5-9-24(23)19-27/h4-17,19-21,28,33H,18H2,1-3H3,(H,32,34)/b31-20-/t28-/m0/s1. The molecule has 0 aliphatic carbocycles. The van der Waals surface area contributed by atoms with Crippen molar-refractivity contribution < 1.29 is 25.8 Å². The molecule has 0 saturated carbocycles. The summed E-state index contributed by atoms with van der Waals surface area (Å²) in [6.07, 6.45) is 1.47. The number of hydrogen-bond acceptors (Lipinski definition) is 7. The van der Waals surface area contributed by atoms with Crippen LogP contribution in [0, 0.1) is 12.8 Å². The van der Waals surface area contributed by atoms with Crippen molar-refractivity contribution in [2.24, 2.45) is 11.0 Å². The summed E-state index contributed by atoms with van der Waals surface area (Å²) in [6.45, 7) is 5.58. The highest BCUT2D eigenvalue weighted by Crippen LogP contribution is 2.24. The van der Waals surface area contributed by atoms with Gasteiger partial charge in [0.25, 0.3) is 5.91 Å². The van der Waals surface area contributed by atoms with Crippen molar-refractivity contribution in [3.8, 4) is 5.75 Å². The molecule has 0 fully saturated rings. The summed E-state index contributed by atoms with van der Waals surface area (Å²) in [7, 11) is -8.13. The molecule has 9 nitrogen and oxygen atoms in total. The van der Waals surface area contributed by atoms with Crippen LogP contribution in [0.2, 0.25) is 0 Å². The largest absolute Gasteiger partial charge is 0.378 e. The first kappa shape index (κ1) is 29.9. The van der Waals surface area contributed by atoms with E-state index in [1.165, 1.54) is 36.5 Å². The van der Waals surface area contributed by atoms with Gasteiger partial charge in [-0.05, 0) is 66.4 Å². The number of rotatable bonds is 11. The zero-order valence-corrected chi connectivity index (χ0v) is 24.4. The Morgan fingerprint density at radius 2 is 1.49 bits per heavy atom. The Balaban J connectivity index is 1.49. The lowest BCUT2D eigenvalue weighted by Gasteiger charge is -2.19. The van der Waals surface area contributed by atoms with E-state index in [1.54, 1.807) is 36.4 Å². The second-order valence-electron chi connectivity index (χ2n) is 9.93. The van der Waals surface area contributed by atoms with Crippen LogP contribution in [0.1, 0.15) is 31.4 Å². The molecule has 4 aromatic carbocycles. The zero-order chi connectivity index (χ0) is 29.6. The van der Waals surface area contributed by atoms with Crippen LogP contribution in [0.3, 0.4) is 0 Å². The van der Waals surface area contributed by atoms with Crippen molar-refractivity contribution >= 4 is 43.0 Å². The third-order valence-corrected chi connectivity index (χ3v) is 8.88. The van der Waals surface area contributed by atoms with E-state index < -0.39 is 32.1 Å². The molecule has 0 radical (unpaired) electrons. The summed E-state index contributed by atoms with van der Waals surface area (Å²) in [4.78, 5) is 13.0. The van der Waals surface area contributed by atoms with Gasteiger partial charge in [0.15, 0.2) is 5.75 Å². The smallest absolute Gasteiger partial charge is 0.339 e. The van der Waals surface area contributed by atoms with E-state index in [1.807, 2.05) is 45.0 Å². The van der Waals surface area contributed by atoms with Crippen molar-refractivity contribution in [2.75, 3.05) is 0 Å². The molecule has 0 heterocycles. The lowest BCUT2D eigenvalue weighted by atomic mass is 10.0. The van der Waals surface area contributed by atoms with Crippen LogP contribution >= 0.6 is 0 Å². The van der Waals surface area contributed by atoms with Gasteiger partial charge in [0.2, 0.25) is 10.0 Å². The second-order valence-corrected chi connectivity index (χ2v) is 13.2. The molecule has 0 aromatic heterocycles. The van der Waals surface area contributed by atoms with E-state index in [2.05, 4.69) is 15.2 Å². The van der Waals surface area contributed by atoms with Crippen LogP contribution in [0.5, 0.6) is 5.75 Å². The molecule has 214 valence electrons. The molecule has 0 bridgehead atoms. The number of nitrogens with one attached hydrogen (secondary N) is 2. The highest BCUT2D eigenvalue weighted by atomic mass is 32.2. The average molecular weight is 594 g/mol. The van der Waals surface area contributed by atoms with Gasteiger partial charge in [0, 0.05) is 5.56 Å². The maximum Gasteiger partial charge on any atom is 0.339 e. The molecule has 0 aliphatic rings. The molecule has 0 saturated heterocycles. The fourth-order valence-electron chi connectivity index (χ4n) is 4.05. The lowest BCUT2D eigenvalue weighted by Crippen LogP contribution is -2.46. The highest BCUT2D eigenvalue weighted by Gasteiger charge is 2.26. The van der Waals surface area contributed by atoms with E-state index in [-0.39, 0.29) is 33.4 Å². The molecule has 1 amide bonds. The number of carbonyl (C=O) groups is 1. The van der Waals surface area contributed by atoms with Crippen LogP contribution in [0.15, 0.2) is 106 Å². The van der Waals surface area contributed by atoms with E-state index in [9.17, 15) is 21.6 Å². The van der Waals surface area contributed by atoms with Gasteiger partial charge in [-0.25, -0.2) is 13.8 Å². The van der Waals surface area contributed by atoms with E-state index in [4.69, 9.17) is 4.18 Å². The van der Waals surface area contributed by atoms with E-state index in [0.29, 0.717) is 0 Å². The predicted molar refractivity (Wildman–Crippen MR) is 159 cm³/mol. The molecule has 1 atom stereocenters. The van der Waals surface area contributed by atoms with Gasteiger partial charge in [-0.2, -0.15) is 18.2 Å². The lowest BCUT2D eigenvalue weighted by molar-refractivity contribution is -0.123. The molecular formula is C30H31N3O6S2. The van der Waals surface area contributed by atoms with Crippen LogP contribution < -0.4 is 14.3 Å². The monoisotopic (exact) mass is 593 g/mol. The quantitative estimate of drug-likeness (QED) is 0.147. The maximum atomic E-state index is 13.0. The fourth-order valence-corrected chi connectivity index (χ4v) is 6.25. The summed E-state index contributed by atoms with van der Waals surface area (Å²) in [6, 6.07) is 23.6. The Bertz CT molecular complexity index is 1780. The number of hydrazone groups is 1. The van der Waals surface area contributed by atoms with Gasteiger partial charge in [-0.15, -0.1) is 0 Å². The molecule has 0 aliphatic heterocycles. The first-order valence-electron chi connectivity index (χ1n) is 12.9. The number of carbonyl (C=O) groups excluding carboxylic acids is 1. The SMILES string of the molecule is Cc1ccc(S(=O)(=O)N[C@@H](CC(C)C)C(=O)N/N=C\c2ccccc2OS(=O)(=O)c2ccc3ccccc3c2)cc1. The van der Waals surface area contributed by atoms with Gasteiger partial charge >= 0.3 is 10.1 Å². The summed E-state index contributed by atoms with van der Waals surface area (Å²) >= 11 is 0. The van der Waals surface area contributed by atoms with E-state index in [0.717, 1.165) is 16.3 Å². The Morgan fingerprint density at radius 1 is 0.854 bits per heavy atom. The van der Waals surface area contributed by atoms with Gasteiger partial charge in [0.05, 0.1) is 11.1 Å². The van der Waals surface area contributed by atoms with Gasteiger partial charge in [0.1, 0.15) is 10.9 Å². The highest BCUT2D eigenvalue weighted by molar-refractivity contribution is 7.89. The Morgan fingerprint density at radius 3 is 2.20 bits per heavy atom. The topological polar surface area (TPSA) is 131 Å². The maximum absolute atomic E-state index is 13.0. The van der Waals surface area contributed by atoms with Gasteiger partial charge < -0.3 is 4.18 Å². The number of nitrogens with zero attached hydrogens (tertiary/aromatic N) is 1. The average Bonchev–Trinajstić information content (AvgIpc) is 2.93. The molecule has 41 heavy (non-hydrogen) atoms. The Labute approximate surface area is 240 Å². The third-order valence-electron chi connectivity index (χ3n) is 6.16.